The van der Waals surface area contributed by atoms with E-state index in [9.17, 15) is 26.7 Å². The zero-order chi connectivity index (χ0) is 14.1. The lowest BCUT2D eigenvalue weighted by atomic mass is 10.1. The quantitative estimate of drug-likeness (QED) is 0.859. The Labute approximate surface area is 97.0 Å². The second-order valence-electron chi connectivity index (χ2n) is 3.08. The van der Waals surface area contributed by atoms with Gasteiger partial charge < -0.3 is 9.84 Å². The minimum Gasteiger partial charge on any atom is -0.495 e. The van der Waals surface area contributed by atoms with E-state index in [2.05, 4.69) is 9.72 Å². The van der Waals surface area contributed by atoms with Crippen LogP contribution in [-0.2, 0) is 6.18 Å². The number of halogens is 5. The third-order valence-corrected chi connectivity index (χ3v) is 1.95. The summed E-state index contributed by atoms with van der Waals surface area (Å²) in [6.07, 6.45) is -8.28. The zero-order valence-electron chi connectivity index (χ0n) is 8.76. The first-order chi connectivity index (χ1) is 8.18. The summed E-state index contributed by atoms with van der Waals surface area (Å²) < 4.78 is 66.8. The molecular formula is C9H6F5NO3. The molecule has 0 spiro atoms. The first-order valence-electron chi connectivity index (χ1n) is 4.36. The molecule has 0 saturated carbocycles. The predicted molar refractivity (Wildman–Crippen MR) is 47.7 cm³/mol. The molecule has 0 aliphatic carbocycles. The molecule has 0 aliphatic rings. The largest absolute Gasteiger partial charge is 0.495 e. The Balaban J connectivity index is 3.58. The van der Waals surface area contributed by atoms with Crippen LogP contribution < -0.4 is 4.74 Å². The van der Waals surface area contributed by atoms with Gasteiger partial charge in [-0.1, -0.05) is 0 Å². The van der Waals surface area contributed by atoms with Crippen molar-refractivity contribution < 1.29 is 36.6 Å². The highest BCUT2D eigenvalue weighted by atomic mass is 19.4. The van der Waals surface area contributed by atoms with Gasteiger partial charge in [0, 0.05) is 0 Å². The van der Waals surface area contributed by atoms with Crippen LogP contribution in [0.4, 0.5) is 22.0 Å². The Kier molecular flexibility index (Phi) is 3.73. The third-order valence-electron chi connectivity index (χ3n) is 1.95. The van der Waals surface area contributed by atoms with Crippen LogP contribution in [0.2, 0.25) is 0 Å². The number of carboxylic acids is 1. The molecule has 0 saturated heterocycles. The standard InChI is InChI=1S/C9H6F5NO3/c1-18-4-2-3(9(12,13)14)5(8(16)17)15-6(4)7(10)11/h2,7H,1H3,(H,16,17). The van der Waals surface area contributed by atoms with Crippen molar-refractivity contribution in [3.8, 4) is 5.75 Å². The van der Waals surface area contributed by atoms with Crippen LogP contribution in [0.3, 0.4) is 0 Å². The van der Waals surface area contributed by atoms with Gasteiger partial charge in [0.25, 0.3) is 6.43 Å². The van der Waals surface area contributed by atoms with Crippen LogP contribution in [0.25, 0.3) is 0 Å². The van der Waals surface area contributed by atoms with Crippen LogP contribution in [0.5, 0.6) is 5.75 Å². The maximum atomic E-state index is 12.5. The lowest BCUT2D eigenvalue weighted by Crippen LogP contribution is -2.17. The van der Waals surface area contributed by atoms with Gasteiger partial charge in [0.1, 0.15) is 11.4 Å². The molecule has 0 bridgehead atoms. The lowest BCUT2D eigenvalue weighted by Gasteiger charge is -2.14. The Morgan fingerprint density at radius 1 is 1.44 bits per heavy atom. The maximum Gasteiger partial charge on any atom is 0.418 e. The molecular weight excluding hydrogens is 265 g/mol. The number of alkyl halides is 5. The molecule has 18 heavy (non-hydrogen) atoms. The third kappa shape index (κ3) is 2.66. The van der Waals surface area contributed by atoms with E-state index >= 15 is 0 Å². The Bertz CT molecular complexity index is 472. The maximum absolute atomic E-state index is 12.5. The summed E-state index contributed by atoms with van der Waals surface area (Å²) >= 11 is 0. The number of carboxylic acid groups (broad SMARTS) is 1. The summed E-state index contributed by atoms with van der Waals surface area (Å²) in [6.45, 7) is 0. The monoisotopic (exact) mass is 271 g/mol. The van der Waals surface area contributed by atoms with Crippen LogP contribution >= 0.6 is 0 Å². The molecule has 1 aromatic rings. The zero-order valence-corrected chi connectivity index (χ0v) is 8.76. The molecule has 0 unspecified atom stereocenters. The number of nitrogens with zero attached hydrogens (tertiary/aromatic N) is 1. The molecule has 1 rings (SSSR count). The topological polar surface area (TPSA) is 59.4 Å². The van der Waals surface area contributed by atoms with Gasteiger partial charge in [-0.15, -0.1) is 0 Å². The number of rotatable bonds is 3. The fourth-order valence-electron chi connectivity index (χ4n) is 1.21. The fraction of sp³-hybridized carbons (Fsp3) is 0.333. The fourth-order valence-corrected chi connectivity index (χ4v) is 1.21. The van der Waals surface area contributed by atoms with Crippen LogP contribution in [0.1, 0.15) is 28.2 Å². The van der Waals surface area contributed by atoms with Gasteiger partial charge in [0.05, 0.1) is 12.7 Å². The molecule has 1 aromatic heterocycles. The first kappa shape index (κ1) is 14.1. The number of methoxy groups -OCH3 is 1. The van der Waals surface area contributed by atoms with E-state index in [-0.39, 0.29) is 6.07 Å². The van der Waals surface area contributed by atoms with Crippen LogP contribution in [-0.4, -0.2) is 23.2 Å². The van der Waals surface area contributed by atoms with Crippen LogP contribution in [0.15, 0.2) is 6.07 Å². The van der Waals surface area contributed by atoms with Crippen molar-refractivity contribution in [3.63, 3.8) is 0 Å². The molecule has 0 fully saturated rings. The van der Waals surface area contributed by atoms with Crippen molar-refractivity contribution in [1.29, 1.82) is 0 Å². The molecule has 0 aromatic carbocycles. The number of hydrogen-bond donors (Lipinski definition) is 1. The number of hydrogen-bond acceptors (Lipinski definition) is 3. The second-order valence-corrected chi connectivity index (χ2v) is 3.08. The van der Waals surface area contributed by atoms with E-state index in [4.69, 9.17) is 5.11 Å². The summed E-state index contributed by atoms with van der Waals surface area (Å²) in [4.78, 5) is 13.4. The molecule has 100 valence electrons. The van der Waals surface area contributed by atoms with Gasteiger partial charge in [-0.3, -0.25) is 0 Å². The molecule has 0 atom stereocenters. The predicted octanol–water partition coefficient (Wildman–Crippen LogP) is 2.74. The molecule has 1 N–H and O–H groups in total. The molecule has 0 amide bonds. The van der Waals surface area contributed by atoms with E-state index in [0.717, 1.165) is 7.11 Å². The second kappa shape index (κ2) is 4.75. The van der Waals surface area contributed by atoms with Gasteiger partial charge in [0.2, 0.25) is 0 Å². The van der Waals surface area contributed by atoms with E-state index < -0.39 is 41.3 Å². The Morgan fingerprint density at radius 2 is 2.00 bits per heavy atom. The van der Waals surface area contributed by atoms with E-state index in [0.29, 0.717) is 0 Å². The Morgan fingerprint density at radius 3 is 2.33 bits per heavy atom. The van der Waals surface area contributed by atoms with Crippen molar-refractivity contribution >= 4 is 5.97 Å². The SMILES string of the molecule is COc1cc(C(F)(F)F)c(C(=O)O)nc1C(F)F. The average Bonchev–Trinajstić information content (AvgIpc) is 2.25. The molecule has 0 radical (unpaired) electrons. The average molecular weight is 271 g/mol. The summed E-state index contributed by atoms with van der Waals surface area (Å²) in [5.74, 6) is -2.87. The summed E-state index contributed by atoms with van der Waals surface area (Å²) in [5.41, 5.74) is -4.28. The lowest BCUT2D eigenvalue weighted by molar-refractivity contribution is -0.138. The smallest absolute Gasteiger partial charge is 0.418 e. The summed E-state index contributed by atoms with van der Waals surface area (Å²) in [6, 6.07) is 0.192. The van der Waals surface area contributed by atoms with E-state index in [1.165, 1.54) is 0 Å². The van der Waals surface area contributed by atoms with Crippen molar-refractivity contribution in [2.24, 2.45) is 0 Å². The highest BCUT2D eigenvalue weighted by Crippen LogP contribution is 2.37. The molecule has 4 nitrogen and oxygen atoms in total. The minimum absolute atomic E-state index is 0.192. The molecule has 0 aliphatic heterocycles. The highest BCUT2D eigenvalue weighted by molar-refractivity contribution is 5.87. The van der Waals surface area contributed by atoms with Gasteiger partial charge in [0.15, 0.2) is 5.69 Å². The number of ether oxygens (including phenoxy) is 1. The van der Waals surface area contributed by atoms with Gasteiger partial charge in [-0.05, 0) is 6.07 Å². The number of carbonyl (C=O) groups is 1. The number of pyridine rings is 1. The normalized spacial score (nSPS) is 11.7. The van der Waals surface area contributed by atoms with Crippen molar-refractivity contribution in [2.75, 3.05) is 7.11 Å². The minimum atomic E-state index is -5.03. The van der Waals surface area contributed by atoms with Gasteiger partial charge in [-0.25, -0.2) is 18.6 Å². The van der Waals surface area contributed by atoms with Crippen molar-refractivity contribution in [1.82, 2.24) is 4.98 Å². The highest BCUT2D eigenvalue weighted by Gasteiger charge is 2.38. The number of aromatic nitrogens is 1. The van der Waals surface area contributed by atoms with E-state index in [1.807, 2.05) is 0 Å². The Hall–Kier alpha value is -1.93. The van der Waals surface area contributed by atoms with Crippen LogP contribution in [0, 0.1) is 0 Å². The molecule has 9 heteroatoms. The molecule has 1 heterocycles. The first-order valence-corrected chi connectivity index (χ1v) is 4.36. The summed E-state index contributed by atoms with van der Waals surface area (Å²) in [5, 5.41) is 8.55. The number of aromatic carboxylic acids is 1. The van der Waals surface area contributed by atoms with E-state index in [1.54, 1.807) is 0 Å². The van der Waals surface area contributed by atoms with Crippen molar-refractivity contribution in [2.45, 2.75) is 12.6 Å². The van der Waals surface area contributed by atoms with Gasteiger partial charge >= 0.3 is 12.1 Å². The summed E-state index contributed by atoms with van der Waals surface area (Å²) in [7, 11) is 0.878. The van der Waals surface area contributed by atoms with Crippen molar-refractivity contribution in [3.05, 3.63) is 23.0 Å². The van der Waals surface area contributed by atoms with Gasteiger partial charge in [-0.2, -0.15) is 13.2 Å².